The van der Waals surface area contributed by atoms with Crippen molar-refractivity contribution in [2.75, 3.05) is 18.4 Å². The molecule has 184 valence electrons. The predicted octanol–water partition coefficient (Wildman–Crippen LogP) is 3.02. The second kappa shape index (κ2) is 10.2. The van der Waals surface area contributed by atoms with E-state index in [1.807, 2.05) is 24.3 Å². The lowest BCUT2D eigenvalue weighted by Crippen LogP contribution is -2.40. The van der Waals surface area contributed by atoms with Crippen LogP contribution in [0.15, 0.2) is 47.4 Å². The van der Waals surface area contributed by atoms with Crippen molar-refractivity contribution < 1.29 is 18.0 Å². The molecule has 2 aromatic rings. The molecule has 1 unspecified atom stereocenters. The molecule has 0 bridgehead atoms. The predicted molar refractivity (Wildman–Crippen MR) is 133 cm³/mol. The molecule has 34 heavy (non-hydrogen) atoms. The second-order valence-corrected chi connectivity index (χ2v) is 11.6. The first kappa shape index (κ1) is 25.9. The van der Waals surface area contributed by atoms with Crippen LogP contribution in [-0.2, 0) is 21.4 Å². The highest BCUT2D eigenvalue weighted by atomic mass is 32.2. The third-order valence-corrected chi connectivity index (χ3v) is 7.49. The van der Waals surface area contributed by atoms with E-state index in [2.05, 4.69) is 14.9 Å². The molecule has 4 N–H and O–H groups in total. The van der Waals surface area contributed by atoms with Gasteiger partial charge in [0.2, 0.25) is 15.9 Å². The minimum atomic E-state index is -3.76. The van der Waals surface area contributed by atoms with Gasteiger partial charge in [0.05, 0.1) is 10.8 Å². The summed E-state index contributed by atoms with van der Waals surface area (Å²) < 4.78 is 28.0. The summed E-state index contributed by atoms with van der Waals surface area (Å²) in [5, 5.41) is 2.85. The SMILES string of the molecule is Cc1ccc(S(=O)(=O)NC(C)(C)C)cc1C(=O)Nc1ccc(CN2CCCC(C(N)=O)C2)cc1. The van der Waals surface area contributed by atoms with E-state index in [0.29, 0.717) is 29.9 Å². The highest BCUT2D eigenvalue weighted by Gasteiger charge is 2.25. The molecule has 1 saturated heterocycles. The van der Waals surface area contributed by atoms with Gasteiger partial charge in [-0.3, -0.25) is 14.5 Å². The minimum absolute atomic E-state index is 0.0457. The molecule has 3 rings (SSSR count). The maximum absolute atomic E-state index is 12.9. The highest BCUT2D eigenvalue weighted by molar-refractivity contribution is 7.89. The molecule has 2 aromatic carbocycles. The zero-order valence-corrected chi connectivity index (χ0v) is 21.0. The lowest BCUT2D eigenvalue weighted by atomic mass is 9.97. The van der Waals surface area contributed by atoms with Crippen LogP contribution in [0.1, 0.15) is 55.1 Å². The number of rotatable bonds is 7. The summed E-state index contributed by atoms with van der Waals surface area (Å²) in [6, 6.07) is 12.0. The third kappa shape index (κ3) is 6.88. The molecule has 1 aliphatic rings. The van der Waals surface area contributed by atoms with Crippen molar-refractivity contribution >= 4 is 27.5 Å². The Morgan fingerprint density at radius 3 is 2.41 bits per heavy atom. The van der Waals surface area contributed by atoms with Crippen molar-refractivity contribution in [1.82, 2.24) is 9.62 Å². The normalized spacial score (nSPS) is 17.4. The second-order valence-electron chi connectivity index (χ2n) is 9.96. The summed E-state index contributed by atoms with van der Waals surface area (Å²) in [6.45, 7) is 9.34. The fourth-order valence-electron chi connectivity index (χ4n) is 4.06. The highest BCUT2D eigenvalue weighted by Crippen LogP contribution is 2.21. The largest absolute Gasteiger partial charge is 0.369 e. The standard InChI is InChI=1S/C25H34N4O4S/c1-17-7-12-21(34(32,33)28-25(2,3)4)14-22(17)24(31)27-20-10-8-18(9-11-20)15-29-13-5-6-19(16-29)23(26)30/h7-12,14,19,28H,5-6,13,15-16H2,1-4H3,(H2,26,30)(H,27,31). The molecule has 0 radical (unpaired) electrons. The molecule has 2 amide bonds. The number of carbonyl (C=O) groups is 2. The Hall–Kier alpha value is -2.75. The number of aryl methyl sites for hydroxylation is 1. The number of nitrogens with two attached hydrogens (primary N) is 1. The lowest BCUT2D eigenvalue weighted by Gasteiger charge is -2.31. The molecule has 1 aliphatic heterocycles. The molecular weight excluding hydrogens is 452 g/mol. The van der Waals surface area contributed by atoms with Crippen LogP contribution in [0.2, 0.25) is 0 Å². The van der Waals surface area contributed by atoms with Gasteiger partial charge < -0.3 is 11.1 Å². The van der Waals surface area contributed by atoms with Crippen LogP contribution in [0.5, 0.6) is 0 Å². The van der Waals surface area contributed by atoms with Crippen LogP contribution in [0.3, 0.4) is 0 Å². The first-order valence-electron chi connectivity index (χ1n) is 11.4. The third-order valence-electron chi connectivity index (χ3n) is 5.73. The number of likely N-dealkylation sites (tertiary alicyclic amines) is 1. The van der Waals surface area contributed by atoms with Crippen molar-refractivity contribution in [2.24, 2.45) is 11.7 Å². The minimum Gasteiger partial charge on any atom is -0.369 e. The number of hydrogen-bond donors (Lipinski definition) is 3. The maximum atomic E-state index is 12.9. The fraction of sp³-hybridized carbons (Fsp3) is 0.440. The number of piperidine rings is 1. The van der Waals surface area contributed by atoms with Crippen LogP contribution < -0.4 is 15.8 Å². The van der Waals surface area contributed by atoms with E-state index in [1.54, 1.807) is 33.8 Å². The summed E-state index contributed by atoms with van der Waals surface area (Å²) >= 11 is 0. The number of anilines is 1. The lowest BCUT2D eigenvalue weighted by molar-refractivity contribution is -0.123. The number of sulfonamides is 1. The Labute approximate surface area is 202 Å². The Morgan fingerprint density at radius 2 is 1.79 bits per heavy atom. The molecule has 1 fully saturated rings. The van der Waals surface area contributed by atoms with Crippen molar-refractivity contribution in [3.63, 3.8) is 0 Å². The van der Waals surface area contributed by atoms with Crippen molar-refractivity contribution in [2.45, 2.75) is 57.5 Å². The number of benzene rings is 2. The molecule has 0 spiro atoms. The molecule has 0 aliphatic carbocycles. The van der Waals surface area contributed by atoms with E-state index in [1.165, 1.54) is 12.1 Å². The fourth-order valence-corrected chi connectivity index (χ4v) is 5.50. The van der Waals surface area contributed by atoms with Crippen LogP contribution in [0.4, 0.5) is 5.69 Å². The molecule has 1 heterocycles. The number of carbonyl (C=O) groups excluding carboxylic acids is 2. The first-order valence-corrected chi connectivity index (χ1v) is 12.9. The Balaban J connectivity index is 1.68. The van der Waals surface area contributed by atoms with Gasteiger partial charge in [-0.25, -0.2) is 13.1 Å². The zero-order chi connectivity index (χ0) is 25.1. The zero-order valence-electron chi connectivity index (χ0n) is 20.2. The Bertz CT molecular complexity index is 1150. The monoisotopic (exact) mass is 486 g/mol. The first-order chi connectivity index (χ1) is 15.8. The van der Waals surface area contributed by atoms with Gasteiger partial charge in [0, 0.05) is 29.9 Å². The average molecular weight is 487 g/mol. The van der Waals surface area contributed by atoms with Gasteiger partial charge in [-0.15, -0.1) is 0 Å². The summed E-state index contributed by atoms with van der Waals surface area (Å²) in [6.07, 6.45) is 1.78. The Morgan fingerprint density at radius 1 is 1.12 bits per heavy atom. The van der Waals surface area contributed by atoms with Gasteiger partial charge in [0.25, 0.3) is 5.91 Å². The smallest absolute Gasteiger partial charge is 0.255 e. The summed E-state index contributed by atoms with van der Waals surface area (Å²) in [5.74, 6) is -0.726. The van der Waals surface area contributed by atoms with Gasteiger partial charge >= 0.3 is 0 Å². The van der Waals surface area contributed by atoms with Gasteiger partial charge in [-0.2, -0.15) is 0 Å². The maximum Gasteiger partial charge on any atom is 0.255 e. The molecule has 0 aromatic heterocycles. The molecule has 0 saturated carbocycles. The van der Waals surface area contributed by atoms with E-state index >= 15 is 0 Å². The quantitative estimate of drug-likeness (QED) is 0.555. The molecule has 8 nitrogen and oxygen atoms in total. The van der Waals surface area contributed by atoms with E-state index < -0.39 is 15.6 Å². The van der Waals surface area contributed by atoms with Crippen LogP contribution in [0.25, 0.3) is 0 Å². The number of nitrogens with zero attached hydrogens (tertiary/aromatic N) is 1. The molecule has 9 heteroatoms. The number of amides is 2. The number of hydrogen-bond acceptors (Lipinski definition) is 5. The van der Waals surface area contributed by atoms with E-state index in [4.69, 9.17) is 5.73 Å². The summed E-state index contributed by atoms with van der Waals surface area (Å²) in [4.78, 5) is 26.7. The van der Waals surface area contributed by atoms with E-state index in [9.17, 15) is 18.0 Å². The van der Waals surface area contributed by atoms with Crippen molar-refractivity contribution in [1.29, 1.82) is 0 Å². The van der Waals surface area contributed by atoms with Gasteiger partial charge in [0.1, 0.15) is 0 Å². The van der Waals surface area contributed by atoms with Crippen LogP contribution in [0, 0.1) is 12.8 Å². The van der Waals surface area contributed by atoms with Crippen LogP contribution >= 0.6 is 0 Å². The van der Waals surface area contributed by atoms with E-state index in [0.717, 1.165) is 24.9 Å². The van der Waals surface area contributed by atoms with E-state index in [-0.39, 0.29) is 22.6 Å². The molecular formula is C25H34N4O4S. The van der Waals surface area contributed by atoms with Crippen molar-refractivity contribution in [3.05, 3.63) is 59.2 Å². The van der Waals surface area contributed by atoms with Gasteiger partial charge in [0.15, 0.2) is 0 Å². The van der Waals surface area contributed by atoms with Gasteiger partial charge in [-0.1, -0.05) is 18.2 Å². The van der Waals surface area contributed by atoms with Crippen molar-refractivity contribution in [3.8, 4) is 0 Å². The number of primary amides is 1. The molecule has 1 atom stereocenters. The Kier molecular flexibility index (Phi) is 7.80. The van der Waals surface area contributed by atoms with Gasteiger partial charge in [-0.05, 0) is 82.5 Å². The summed E-state index contributed by atoms with van der Waals surface area (Å²) in [5.41, 5.74) is 7.49. The topological polar surface area (TPSA) is 122 Å². The summed E-state index contributed by atoms with van der Waals surface area (Å²) in [7, 11) is -3.76. The van der Waals surface area contributed by atoms with Crippen LogP contribution in [-0.4, -0.2) is 43.8 Å². The average Bonchev–Trinajstić information content (AvgIpc) is 2.73. The number of nitrogens with one attached hydrogen (secondary N) is 2.